The van der Waals surface area contributed by atoms with Crippen LogP contribution in [0.25, 0.3) is 6.08 Å². The Balaban J connectivity index is 2.80. The Morgan fingerprint density at radius 3 is 2.72 bits per heavy atom. The van der Waals surface area contributed by atoms with E-state index in [9.17, 15) is 4.79 Å². The van der Waals surface area contributed by atoms with Crippen molar-refractivity contribution in [2.24, 2.45) is 0 Å². The number of carboxylic acids is 1. The maximum absolute atomic E-state index is 10.4. The highest BCUT2D eigenvalue weighted by Gasteiger charge is 2.04. The number of hydrogen-bond acceptors (Lipinski definition) is 3. The Morgan fingerprint density at radius 1 is 1.56 bits per heavy atom. The fraction of sp³-hybridized carbons (Fsp3) is 0.286. The summed E-state index contributed by atoms with van der Waals surface area (Å²) in [4.78, 5) is 16.8. The number of aromatic nitrogens is 1. The van der Waals surface area contributed by atoms with Crippen molar-refractivity contribution in [3.8, 4) is 0 Å². The highest BCUT2D eigenvalue weighted by Crippen LogP contribution is 2.13. The van der Waals surface area contributed by atoms with Gasteiger partial charge in [0, 0.05) is 25.4 Å². The molecular formula is C14H18N2O2. The summed E-state index contributed by atoms with van der Waals surface area (Å²) >= 11 is 0. The molecule has 1 N–H and O–H groups in total. The van der Waals surface area contributed by atoms with Crippen molar-refractivity contribution in [1.29, 1.82) is 0 Å². The van der Waals surface area contributed by atoms with Gasteiger partial charge in [-0.1, -0.05) is 12.2 Å². The number of carbonyl (C=O) groups is 1. The molecule has 0 aliphatic heterocycles. The Kier molecular flexibility index (Phi) is 5.11. The third-order valence-corrected chi connectivity index (χ3v) is 2.36. The van der Waals surface area contributed by atoms with E-state index in [-0.39, 0.29) is 0 Å². The summed E-state index contributed by atoms with van der Waals surface area (Å²) in [5.41, 5.74) is 1.85. The smallest absolute Gasteiger partial charge is 0.328 e. The SMILES string of the molecule is C=C(C)CN(CC)c1ccc(/C=C/C(=O)O)cn1. The first kappa shape index (κ1) is 14.0. The molecule has 0 saturated carbocycles. The molecule has 1 heterocycles. The average Bonchev–Trinajstić information content (AvgIpc) is 2.34. The molecule has 0 saturated heterocycles. The van der Waals surface area contributed by atoms with Crippen LogP contribution in [-0.2, 0) is 4.79 Å². The van der Waals surface area contributed by atoms with Crippen LogP contribution in [0.15, 0.2) is 36.6 Å². The predicted octanol–water partition coefficient (Wildman–Crippen LogP) is 2.58. The Labute approximate surface area is 107 Å². The van der Waals surface area contributed by atoms with E-state index in [1.54, 1.807) is 6.20 Å². The number of pyridine rings is 1. The molecule has 1 aromatic rings. The van der Waals surface area contributed by atoms with Gasteiger partial charge in [0.25, 0.3) is 0 Å². The topological polar surface area (TPSA) is 53.4 Å². The fourth-order valence-corrected chi connectivity index (χ4v) is 1.53. The number of aliphatic carboxylic acids is 1. The van der Waals surface area contributed by atoms with E-state index < -0.39 is 5.97 Å². The Hall–Kier alpha value is -2.10. The lowest BCUT2D eigenvalue weighted by Gasteiger charge is -2.21. The second-order valence-electron chi connectivity index (χ2n) is 4.09. The predicted molar refractivity (Wildman–Crippen MR) is 73.6 cm³/mol. The molecule has 0 aliphatic rings. The van der Waals surface area contributed by atoms with E-state index in [1.165, 1.54) is 6.08 Å². The van der Waals surface area contributed by atoms with Crippen molar-refractivity contribution in [2.45, 2.75) is 13.8 Å². The van der Waals surface area contributed by atoms with Gasteiger partial charge in [-0.15, -0.1) is 0 Å². The summed E-state index contributed by atoms with van der Waals surface area (Å²) in [6.45, 7) is 9.55. The molecule has 0 spiro atoms. The van der Waals surface area contributed by atoms with Crippen LogP contribution in [0.1, 0.15) is 19.4 Å². The van der Waals surface area contributed by atoms with Crippen LogP contribution in [0.3, 0.4) is 0 Å². The number of likely N-dealkylation sites (N-methyl/N-ethyl adjacent to an activating group) is 1. The quantitative estimate of drug-likeness (QED) is 0.619. The van der Waals surface area contributed by atoms with E-state index in [0.717, 1.165) is 36.1 Å². The zero-order valence-electron chi connectivity index (χ0n) is 10.8. The van der Waals surface area contributed by atoms with Crippen LogP contribution in [0.4, 0.5) is 5.82 Å². The second-order valence-corrected chi connectivity index (χ2v) is 4.09. The summed E-state index contributed by atoms with van der Waals surface area (Å²) in [6.07, 6.45) is 4.28. The molecule has 18 heavy (non-hydrogen) atoms. The van der Waals surface area contributed by atoms with Crippen LogP contribution in [0.5, 0.6) is 0 Å². The van der Waals surface area contributed by atoms with Crippen molar-refractivity contribution in [1.82, 2.24) is 4.98 Å². The molecule has 96 valence electrons. The monoisotopic (exact) mass is 246 g/mol. The summed E-state index contributed by atoms with van der Waals surface area (Å²) in [6, 6.07) is 3.73. The molecular weight excluding hydrogens is 228 g/mol. The minimum Gasteiger partial charge on any atom is -0.478 e. The molecule has 0 amide bonds. The normalized spacial score (nSPS) is 10.6. The lowest BCUT2D eigenvalue weighted by Crippen LogP contribution is -2.25. The summed E-state index contributed by atoms with van der Waals surface area (Å²) in [5.74, 6) is -0.0930. The van der Waals surface area contributed by atoms with E-state index in [0.29, 0.717) is 0 Å². The molecule has 0 bridgehead atoms. The molecule has 1 rings (SSSR count). The Morgan fingerprint density at radius 2 is 2.28 bits per heavy atom. The van der Waals surface area contributed by atoms with E-state index >= 15 is 0 Å². The first-order valence-electron chi connectivity index (χ1n) is 5.79. The summed E-state index contributed by atoms with van der Waals surface area (Å²) in [5, 5.41) is 8.53. The fourth-order valence-electron chi connectivity index (χ4n) is 1.53. The van der Waals surface area contributed by atoms with Gasteiger partial charge in [0.1, 0.15) is 5.82 Å². The van der Waals surface area contributed by atoms with Gasteiger partial charge in [0.2, 0.25) is 0 Å². The molecule has 0 fully saturated rings. The van der Waals surface area contributed by atoms with Gasteiger partial charge < -0.3 is 10.0 Å². The number of hydrogen-bond donors (Lipinski definition) is 1. The second kappa shape index (κ2) is 6.59. The highest BCUT2D eigenvalue weighted by molar-refractivity contribution is 5.85. The van der Waals surface area contributed by atoms with Gasteiger partial charge >= 0.3 is 5.97 Å². The molecule has 0 radical (unpaired) electrons. The highest BCUT2D eigenvalue weighted by atomic mass is 16.4. The number of carboxylic acid groups (broad SMARTS) is 1. The zero-order chi connectivity index (χ0) is 13.5. The van der Waals surface area contributed by atoms with E-state index in [4.69, 9.17) is 5.11 Å². The van der Waals surface area contributed by atoms with Crippen molar-refractivity contribution in [3.63, 3.8) is 0 Å². The molecule has 1 aromatic heterocycles. The van der Waals surface area contributed by atoms with Gasteiger partial charge in [-0.25, -0.2) is 9.78 Å². The standard InChI is InChI=1S/C14H18N2O2/c1-4-16(10-11(2)3)13-7-5-12(9-15-13)6-8-14(17)18/h5-9H,2,4,10H2,1,3H3,(H,17,18)/b8-6+. The molecule has 0 unspecified atom stereocenters. The zero-order valence-corrected chi connectivity index (χ0v) is 10.8. The van der Waals surface area contributed by atoms with Gasteiger partial charge in [0.15, 0.2) is 0 Å². The van der Waals surface area contributed by atoms with Crippen LogP contribution in [-0.4, -0.2) is 29.1 Å². The molecule has 0 atom stereocenters. The minimum absolute atomic E-state index is 0.771. The van der Waals surface area contributed by atoms with Crippen molar-refractivity contribution in [3.05, 3.63) is 42.1 Å². The number of rotatable bonds is 6. The third kappa shape index (κ3) is 4.41. The molecule has 0 aromatic carbocycles. The third-order valence-electron chi connectivity index (χ3n) is 2.36. The van der Waals surface area contributed by atoms with Gasteiger partial charge in [-0.2, -0.15) is 0 Å². The van der Waals surface area contributed by atoms with Gasteiger partial charge in [-0.3, -0.25) is 0 Å². The first-order valence-corrected chi connectivity index (χ1v) is 5.79. The van der Waals surface area contributed by atoms with Gasteiger partial charge in [-0.05, 0) is 37.6 Å². The van der Waals surface area contributed by atoms with Crippen molar-refractivity contribution < 1.29 is 9.90 Å². The lowest BCUT2D eigenvalue weighted by atomic mass is 10.2. The van der Waals surface area contributed by atoms with Crippen LogP contribution >= 0.6 is 0 Å². The summed E-state index contributed by atoms with van der Waals surface area (Å²) < 4.78 is 0. The van der Waals surface area contributed by atoms with Crippen molar-refractivity contribution in [2.75, 3.05) is 18.0 Å². The Bertz CT molecular complexity index is 449. The van der Waals surface area contributed by atoms with Crippen LogP contribution in [0.2, 0.25) is 0 Å². The minimum atomic E-state index is -0.962. The lowest BCUT2D eigenvalue weighted by molar-refractivity contribution is -0.131. The number of nitrogens with zero attached hydrogens (tertiary/aromatic N) is 2. The molecule has 4 nitrogen and oxygen atoms in total. The maximum atomic E-state index is 10.4. The van der Waals surface area contributed by atoms with Crippen molar-refractivity contribution >= 4 is 17.9 Å². The molecule has 4 heteroatoms. The summed E-state index contributed by atoms with van der Waals surface area (Å²) in [7, 11) is 0. The van der Waals surface area contributed by atoms with Crippen LogP contribution in [0, 0.1) is 0 Å². The van der Waals surface area contributed by atoms with E-state index in [1.807, 2.05) is 19.1 Å². The largest absolute Gasteiger partial charge is 0.478 e. The van der Waals surface area contributed by atoms with Gasteiger partial charge in [0.05, 0.1) is 0 Å². The number of anilines is 1. The molecule has 0 aliphatic carbocycles. The average molecular weight is 246 g/mol. The van der Waals surface area contributed by atoms with E-state index in [2.05, 4.69) is 23.4 Å². The van der Waals surface area contributed by atoms with Crippen LogP contribution < -0.4 is 4.90 Å². The first-order chi connectivity index (χ1) is 8.52. The maximum Gasteiger partial charge on any atom is 0.328 e.